The third-order valence-electron chi connectivity index (χ3n) is 4.66. The van der Waals surface area contributed by atoms with Gasteiger partial charge in [0.25, 0.3) is 0 Å². The fraction of sp³-hybridized carbons (Fsp3) is 0.857. The summed E-state index contributed by atoms with van der Waals surface area (Å²) in [6.07, 6.45) is 0.434. The minimum Gasteiger partial charge on any atom is -0.480 e. The Labute approximate surface area is 137 Å². The zero-order valence-corrected chi connectivity index (χ0v) is 14.8. The van der Waals surface area contributed by atoms with E-state index in [2.05, 4.69) is 0 Å². The van der Waals surface area contributed by atoms with Gasteiger partial charge in [-0.15, -0.1) is 0 Å². The molecule has 2 saturated heterocycles. The van der Waals surface area contributed by atoms with Crippen LogP contribution in [-0.2, 0) is 19.6 Å². The summed E-state index contributed by atoms with van der Waals surface area (Å²) in [6.45, 7) is 4.47. The molecule has 0 radical (unpaired) electrons. The smallest absolute Gasteiger partial charge is 0.326 e. The van der Waals surface area contributed by atoms with Gasteiger partial charge in [0.2, 0.25) is 15.9 Å². The molecule has 0 aromatic heterocycles. The van der Waals surface area contributed by atoms with Crippen molar-refractivity contribution in [1.82, 2.24) is 14.1 Å². The number of rotatable bonds is 6. The highest BCUT2D eigenvalue weighted by atomic mass is 32.2. The third-order valence-corrected chi connectivity index (χ3v) is 6.90. The highest BCUT2D eigenvalue weighted by Gasteiger charge is 2.48. The fourth-order valence-corrected chi connectivity index (χ4v) is 5.15. The number of hydrogen-bond acceptors (Lipinski definition) is 5. The molecule has 0 aromatic carbocycles. The van der Waals surface area contributed by atoms with Gasteiger partial charge in [-0.1, -0.05) is 13.8 Å². The van der Waals surface area contributed by atoms with E-state index < -0.39 is 33.3 Å². The van der Waals surface area contributed by atoms with Gasteiger partial charge < -0.3 is 10.0 Å². The number of hydrogen-bond donors (Lipinski definition) is 1. The summed E-state index contributed by atoms with van der Waals surface area (Å²) in [6, 6.07) is -0.900. The van der Waals surface area contributed by atoms with E-state index in [0.29, 0.717) is 19.5 Å². The lowest BCUT2D eigenvalue weighted by atomic mass is 10.0. The Hall–Kier alpha value is -1.19. The second kappa shape index (κ2) is 6.37. The lowest BCUT2D eigenvalue weighted by Gasteiger charge is -2.29. The standard InChI is InChI=1S/C14H25N3O5S/c1-9(2)12(14(19)20)16(4)13(18)10-5-6-17(7-10)23(21,22)11-8-15(11)3/h9-12H,5-8H2,1-4H3,(H,19,20)/t10-,11-,12-,15?/m0/s1. The normalized spacial score (nSPS) is 29.5. The quantitative estimate of drug-likeness (QED) is 0.649. The number of sulfonamides is 1. The van der Waals surface area contributed by atoms with Crippen molar-refractivity contribution in [3.05, 3.63) is 0 Å². The Bertz CT molecular complexity index is 591. The molecule has 2 heterocycles. The van der Waals surface area contributed by atoms with Crippen molar-refractivity contribution in [3.63, 3.8) is 0 Å². The van der Waals surface area contributed by atoms with E-state index in [1.807, 2.05) is 0 Å². The molecule has 0 aromatic rings. The van der Waals surface area contributed by atoms with Crippen LogP contribution in [0.25, 0.3) is 0 Å². The van der Waals surface area contributed by atoms with Crippen LogP contribution in [0.4, 0.5) is 0 Å². The molecule has 23 heavy (non-hydrogen) atoms. The van der Waals surface area contributed by atoms with Crippen LogP contribution in [0, 0.1) is 11.8 Å². The highest BCUT2D eigenvalue weighted by Crippen LogP contribution is 2.29. The van der Waals surface area contributed by atoms with Gasteiger partial charge in [0, 0.05) is 26.7 Å². The van der Waals surface area contributed by atoms with Crippen LogP contribution in [0.15, 0.2) is 0 Å². The summed E-state index contributed by atoms with van der Waals surface area (Å²) in [4.78, 5) is 26.9. The monoisotopic (exact) mass is 347 g/mol. The van der Waals surface area contributed by atoms with Gasteiger partial charge in [0.15, 0.2) is 0 Å². The number of likely N-dealkylation sites (N-methyl/N-ethyl adjacent to an activating group) is 2. The first-order chi connectivity index (χ1) is 10.6. The molecule has 9 heteroatoms. The maximum atomic E-state index is 12.5. The lowest BCUT2D eigenvalue weighted by molar-refractivity contribution is -0.152. The zero-order chi connectivity index (χ0) is 17.5. The van der Waals surface area contributed by atoms with Crippen molar-refractivity contribution in [3.8, 4) is 0 Å². The van der Waals surface area contributed by atoms with E-state index in [4.69, 9.17) is 0 Å². The minimum absolute atomic E-state index is 0.139. The van der Waals surface area contributed by atoms with Crippen LogP contribution in [0.1, 0.15) is 20.3 Å². The predicted molar refractivity (Wildman–Crippen MR) is 84.0 cm³/mol. The van der Waals surface area contributed by atoms with Gasteiger partial charge in [0.1, 0.15) is 11.4 Å². The van der Waals surface area contributed by atoms with Crippen molar-refractivity contribution >= 4 is 21.9 Å². The van der Waals surface area contributed by atoms with E-state index in [9.17, 15) is 23.1 Å². The molecular weight excluding hydrogens is 322 g/mol. The summed E-state index contributed by atoms with van der Waals surface area (Å²) >= 11 is 0. The van der Waals surface area contributed by atoms with Crippen LogP contribution in [-0.4, -0.2) is 84.7 Å². The molecule has 2 fully saturated rings. The molecule has 2 aliphatic heterocycles. The lowest BCUT2D eigenvalue weighted by Crippen LogP contribution is -2.48. The van der Waals surface area contributed by atoms with Crippen molar-refractivity contribution in [2.75, 3.05) is 33.7 Å². The number of carbonyl (C=O) groups is 2. The Morgan fingerprint density at radius 3 is 2.26 bits per heavy atom. The molecule has 4 atom stereocenters. The van der Waals surface area contributed by atoms with Crippen molar-refractivity contribution in [1.29, 1.82) is 0 Å². The Kier molecular flexibility index (Phi) is 5.03. The van der Waals surface area contributed by atoms with Gasteiger partial charge in [-0.3, -0.25) is 9.69 Å². The Morgan fingerprint density at radius 2 is 1.83 bits per heavy atom. The molecular formula is C14H25N3O5S. The molecule has 8 nitrogen and oxygen atoms in total. The number of carbonyl (C=O) groups excluding carboxylic acids is 1. The Balaban J connectivity index is 2.03. The summed E-state index contributed by atoms with van der Waals surface area (Å²) in [5, 5.41) is 8.82. The first-order valence-corrected chi connectivity index (χ1v) is 9.26. The number of nitrogens with zero attached hydrogens (tertiary/aromatic N) is 3. The molecule has 1 unspecified atom stereocenters. The highest BCUT2D eigenvalue weighted by molar-refractivity contribution is 7.90. The topological polar surface area (TPSA) is 98.0 Å². The summed E-state index contributed by atoms with van der Waals surface area (Å²) in [5.41, 5.74) is 0. The fourth-order valence-electron chi connectivity index (χ4n) is 3.18. The number of aliphatic carboxylic acids is 1. The van der Waals surface area contributed by atoms with Crippen LogP contribution >= 0.6 is 0 Å². The molecule has 2 rings (SSSR count). The second-order valence-corrected chi connectivity index (χ2v) is 8.85. The van der Waals surface area contributed by atoms with Crippen LogP contribution in [0.3, 0.4) is 0 Å². The van der Waals surface area contributed by atoms with Crippen LogP contribution in [0.5, 0.6) is 0 Å². The second-order valence-electron chi connectivity index (χ2n) is 6.76. The molecule has 1 N–H and O–H groups in total. The van der Waals surface area contributed by atoms with Crippen LogP contribution in [0.2, 0.25) is 0 Å². The van der Waals surface area contributed by atoms with E-state index >= 15 is 0 Å². The number of carboxylic acids is 1. The summed E-state index contributed by atoms with van der Waals surface area (Å²) in [5.74, 6) is -2.03. The Morgan fingerprint density at radius 1 is 1.26 bits per heavy atom. The van der Waals surface area contributed by atoms with E-state index in [1.54, 1.807) is 25.8 Å². The van der Waals surface area contributed by atoms with Crippen molar-refractivity contribution < 1.29 is 23.1 Å². The van der Waals surface area contributed by atoms with Gasteiger partial charge in [-0.05, 0) is 19.4 Å². The SMILES string of the molecule is CC(C)[C@@H](C(=O)O)N(C)C(=O)[C@H]1CCN(S(=O)(=O)[C@H]2CN2C)C1. The van der Waals surface area contributed by atoms with Crippen molar-refractivity contribution in [2.45, 2.75) is 31.7 Å². The maximum Gasteiger partial charge on any atom is 0.326 e. The molecule has 2 aliphatic rings. The molecule has 0 saturated carbocycles. The zero-order valence-electron chi connectivity index (χ0n) is 14.0. The van der Waals surface area contributed by atoms with E-state index in [0.717, 1.165) is 0 Å². The van der Waals surface area contributed by atoms with Gasteiger partial charge in [-0.2, -0.15) is 4.31 Å². The minimum atomic E-state index is -3.39. The van der Waals surface area contributed by atoms with Gasteiger partial charge in [0.05, 0.1) is 5.92 Å². The molecule has 0 spiro atoms. The average molecular weight is 347 g/mol. The van der Waals surface area contributed by atoms with Gasteiger partial charge in [-0.25, -0.2) is 13.2 Å². The van der Waals surface area contributed by atoms with Crippen molar-refractivity contribution in [2.24, 2.45) is 11.8 Å². The largest absolute Gasteiger partial charge is 0.480 e. The first-order valence-electron chi connectivity index (χ1n) is 7.76. The molecule has 1 amide bonds. The summed E-state index contributed by atoms with van der Waals surface area (Å²) in [7, 11) is -0.164. The predicted octanol–water partition coefficient (Wildman–Crippen LogP) is -0.523. The molecule has 0 bridgehead atoms. The third kappa shape index (κ3) is 3.51. The van der Waals surface area contributed by atoms with E-state index in [1.165, 1.54) is 16.3 Å². The summed E-state index contributed by atoms with van der Waals surface area (Å²) < 4.78 is 26.1. The maximum absolute atomic E-state index is 12.5. The van der Waals surface area contributed by atoms with Gasteiger partial charge >= 0.3 is 5.97 Å². The molecule has 0 aliphatic carbocycles. The van der Waals surface area contributed by atoms with E-state index in [-0.39, 0.29) is 18.4 Å². The number of carboxylic acid groups (broad SMARTS) is 1. The number of amides is 1. The average Bonchev–Trinajstić information content (AvgIpc) is 2.99. The first kappa shape index (κ1) is 18.2. The van der Waals surface area contributed by atoms with Crippen LogP contribution < -0.4 is 0 Å². The molecule has 132 valence electrons.